The van der Waals surface area contributed by atoms with Crippen molar-refractivity contribution in [2.75, 3.05) is 0 Å². The third-order valence-electron chi connectivity index (χ3n) is 7.77. The number of fused-ring (bicyclic) bond motifs is 1. The number of aromatic nitrogens is 2. The van der Waals surface area contributed by atoms with Gasteiger partial charge in [0.15, 0.2) is 26.3 Å². The maximum atomic E-state index is 10.7. The first kappa shape index (κ1) is 34.6. The Hall–Kier alpha value is -1.43. The van der Waals surface area contributed by atoms with Crippen molar-refractivity contribution in [1.82, 2.24) is 4.57 Å². The van der Waals surface area contributed by atoms with Gasteiger partial charge in [-0.1, -0.05) is 13.8 Å². The van der Waals surface area contributed by atoms with Gasteiger partial charge in [-0.3, -0.25) is 4.48 Å². The van der Waals surface area contributed by atoms with Gasteiger partial charge in [0.05, 0.1) is 25.7 Å². The molecule has 0 spiro atoms. The lowest BCUT2D eigenvalue weighted by molar-refractivity contribution is -0.897. The standard InChI is InChI=1S/C19H35N3.2CHF3O3S/c1-12(2)22-15(16(22)18(5,6)11-19(22,7)8)17-20(9)13(3)14(4)21(17)10;2*2-1(3,4)8(5,6)7/h12,15-16H,11H2,1-10H3;2*(H,5,6,7)/q+2;;/p-2/t15-,16-,22-;;/m0../s1. The van der Waals surface area contributed by atoms with Crippen molar-refractivity contribution in [3.63, 3.8) is 0 Å². The molecule has 224 valence electrons. The zero-order valence-corrected chi connectivity index (χ0v) is 24.4. The van der Waals surface area contributed by atoms with Gasteiger partial charge in [-0.25, -0.2) is 26.0 Å². The van der Waals surface area contributed by atoms with Crippen LogP contribution in [0.5, 0.6) is 0 Å². The van der Waals surface area contributed by atoms with Crippen molar-refractivity contribution < 1.29 is 61.3 Å². The summed E-state index contributed by atoms with van der Waals surface area (Å²) in [5.74, 6) is 1.52. The van der Waals surface area contributed by atoms with Crippen molar-refractivity contribution >= 4 is 20.2 Å². The summed E-state index contributed by atoms with van der Waals surface area (Å²) in [6.45, 7) is 19.3. The molecular weight excluding hydrogens is 568 g/mol. The van der Waals surface area contributed by atoms with Crippen LogP contribution in [0.3, 0.4) is 0 Å². The van der Waals surface area contributed by atoms with E-state index < -0.39 is 31.3 Å². The first-order chi connectivity index (χ1) is 16.4. The van der Waals surface area contributed by atoms with E-state index in [1.165, 1.54) is 28.1 Å². The Morgan fingerprint density at radius 3 is 1.50 bits per heavy atom. The predicted octanol–water partition coefficient (Wildman–Crippen LogP) is 3.43. The summed E-state index contributed by atoms with van der Waals surface area (Å²) >= 11 is 0. The first-order valence-electron chi connectivity index (χ1n) is 11.4. The van der Waals surface area contributed by atoms with Crippen LogP contribution in [0, 0.1) is 19.3 Å². The lowest BCUT2D eigenvalue weighted by Gasteiger charge is -2.37. The zero-order chi connectivity index (χ0) is 30.8. The van der Waals surface area contributed by atoms with Gasteiger partial charge in [0.1, 0.15) is 11.4 Å². The van der Waals surface area contributed by atoms with Crippen molar-refractivity contribution in [2.24, 2.45) is 19.5 Å². The van der Waals surface area contributed by atoms with Gasteiger partial charge < -0.3 is 9.11 Å². The maximum absolute atomic E-state index is 10.7. The molecule has 0 radical (unpaired) electrons. The number of rotatable bonds is 2. The average molecular weight is 604 g/mol. The van der Waals surface area contributed by atoms with Crippen LogP contribution in [-0.2, 0) is 34.3 Å². The summed E-state index contributed by atoms with van der Waals surface area (Å²) in [6.07, 6.45) is 1.32. The Labute approximate surface area is 219 Å². The summed E-state index contributed by atoms with van der Waals surface area (Å²) < 4.78 is 124. The quantitative estimate of drug-likeness (QED) is 0.128. The second-order valence-corrected chi connectivity index (χ2v) is 14.0. The number of quaternary nitrogens is 1. The van der Waals surface area contributed by atoms with Crippen molar-refractivity contribution in [1.29, 1.82) is 0 Å². The Kier molecular flexibility index (Phi) is 9.00. The summed E-state index contributed by atoms with van der Waals surface area (Å²) in [5, 5.41) is 0. The monoisotopic (exact) mass is 603 g/mol. The smallest absolute Gasteiger partial charge is 0.485 e. The van der Waals surface area contributed by atoms with E-state index in [4.69, 9.17) is 25.9 Å². The number of alkyl halides is 6. The number of imidazole rings is 1. The molecule has 0 aromatic carbocycles. The molecule has 0 aliphatic carbocycles. The van der Waals surface area contributed by atoms with Gasteiger partial charge in [-0.15, -0.1) is 0 Å². The SMILES string of the molecule is Cc1c(C)[n+](C)c([C@@H]2[C@H]3C(C)(C)CC(C)(C)[N@@+]23C(C)C)n1C.O=S(=O)([O-])C(F)(F)F.O=S(=O)([O-])C(F)(F)F. The van der Waals surface area contributed by atoms with Gasteiger partial charge in [0, 0.05) is 25.7 Å². The van der Waals surface area contributed by atoms with Crippen LogP contribution >= 0.6 is 0 Å². The molecule has 3 atom stereocenters. The number of halogens is 6. The number of piperidine rings is 1. The minimum atomic E-state index is -6.09. The van der Waals surface area contributed by atoms with E-state index in [-0.39, 0.29) is 0 Å². The molecule has 0 bridgehead atoms. The van der Waals surface area contributed by atoms with Crippen LogP contribution < -0.4 is 4.57 Å². The summed E-state index contributed by atoms with van der Waals surface area (Å²) in [5.41, 5.74) is -7.72. The highest BCUT2D eigenvalue weighted by molar-refractivity contribution is 7.86. The number of hydrogen-bond acceptors (Lipinski definition) is 6. The molecule has 1 aromatic heterocycles. The van der Waals surface area contributed by atoms with E-state index in [0.29, 0.717) is 23.0 Å². The molecule has 0 saturated carbocycles. The van der Waals surface area contributed by atoms with E-state index in [9.17, 15) is 26.3 Å². The van der Waals surface area contributed by atoms with Crippen LogP contribution in [0.25, 0.3) is 0 Å². The third-order valence-corrected chi connectivity index (χ3v) is 8.90. The fourth-order valence-corrected chi connectivity index (χ4v) is 6.60. The third kappa shape index (κ3) is 5.86. The Morgan fingerprint density at radius 2 is 1.29 bits per heavy atom. The van der Waals surface area contributed by atoms with Crippen molar-refractivity contribution in [3.8, 4) is 0 Å². The number of nitrogens with zero attached hydrogens (tertiary/aromatic N) is 3. The summed E-state index contributed by atoms with van der Waals surface area (Å²) in [6, 6.07) is 2.06. The molecule has 3 heterocycles. The van der Waals surface area contributed by atoms with E-state index in [1.54, 1.807) is 0 Å². The lowest BCUT2D eigenvalue weighted by atomic mass is 9.78. The topological polar surface area (TPSA) is 123 Å². The molecule has 9 nitrogen and oxygen atoms in total. The highest BCUT2D eigenvalue weighted by Gasteiger charge is 2.86. The van der Waals surface area contributed by atoms with E-state index >= 15 is 0 Å². The van der Waals surface area contributed by atoms with Gasteiger partial charge in [0.2, 0.25) is 6.04 Å². The Bertz CT molecular complexity index is 1200. The second kappa shape index (κ2) is 9.89. The highest BCUT2D eigenvalue weighted by Crippen LogP contribution is 2.72. The van der Waals surface area contributed by atoms with Gasteiger partial charge in [0.25, 0.3) is 0 Å². The van der Waals surface area contributed by atoms with Gasteiger partial charge >= 0.3 is 16.8 Å². The molecule has 2 saturated heterocycles. The molecule has 2 fully saturated rings. The largest absolute Gasteiger partial charge is 0.741 e. The molecule has 17 heteroatoms. The second-order valence-electron chi connectivity index (χ2n) is 11.2. The van der Waals surface area contributed by atoms with Gasteiger partial charge in [-0.2, -0.15) is 26.3 Å². The molecule has 0 unspecified atom stereocenters. The van der Waals surface area contributed by atoms with Crippen LogP contribution in [0.15, 0.2) is 0 Å². The Balaban J connectivity index is 0.000000374. The van der Waals surface area contributed by atoms with Crippen LogP contribution in [-0.4, -0.2) is 63.6 Å². The molecule has 3 rings (SSSR count). The minimum Gasteiger partial charge on any atom is -0.741 e. The van der Waals surface area contributed by atoms with Crippen molar-refractivity contribution in [2.45, 2.75) is 96.5 Å². The molecule has 0 amide bonds. The Morgan fingerprint density at radius 1 is 0.947 bits per heavy atom. The molecule has 2 aliphatic rings. The molecule has 1 aromatic rings. The van der Waals surface area contributed by atoms with Crippen LogP contribution in [0.4, 0.5) is 26.3 Å². The highest BCUT2D eigenvalue weighted by atomic mass is 32.2. The first-order valence-corrected chi connectivity index (χ1v) is 14.2. The normalized spacial score (nSPS) is 26.2. The molecule has 0 N–H and O–H groups in total. The molecule has 38 heavy (non-hydrogen) atoms. The molecular formula is C21H35F6N3O6S2. The lowest BCUT2D eigenvalue weighted by Crippen LogP contribution is -2.51. The fraction of sp³-hybridized carbons (Fsp3) is 0.857. The van der Waals surface area contributed by atoms with E-state index in [2.05, 4.69) is 78.6 Å². The predicted molar refractivity (Wildman–Crippen MR) is 122 cm³/mol. The summed E-state index contributed by atoms with van der Waals surface area (Å²) in [4.78, 5) is 0. The fourth-order valence-electron chi connectivity index (χ4n) is 6.60. The average Bonchev–Trinajstić information content (AvgIpc) is 3.27. The van der Waals surface area contributed by atoms with E-state index in [1.807, 2.05) is 0 Å². The zero-order valence-electron chi connectivity index (χ0n) is 22.8. The minimum absolute atomic E-state index is 0.353. The van der Waals surface area contributed by atoms with Crippen molar-refractivity contribution in [3.05, 3.63) is 17.2 Å². The summed E-state index contributed by atoms with van der Waals surface area (Å²) in [7, 11) is -7.67. The van der Waals surface area contributed by atoms with E-state index in [0.717, 1.165) is 6.04 Å². The number of hydrogen-bond donors (Lipinski definition) is 0. The van der Waals surface area contributed by atoms with Crippen LogP contribution in [0.1, 0.15) is 71.2 Å². The van der Waals surface area contributed by atoms with Crippen LogP contribution in [0.2, 0.25) is 0 Å². The molecule has 2 aliphatic heterocycles. The maximum Gasteiger partial charge on any atom is 0.485 e. The van der Waals surface area contributed by atoms with Gasteiger partial charge in [-0.05, 0) is 27.7 Å².